The van der Waals surface area contributed by atoms with E-state index in [9.17, 15) is 8.42 Å². The van der Waals surface area contributed by atoms with Gasteiger partial charge in [-0.2, -0.15) is 0 Å². The van der Waals surface area contributed by atoms with Crippen molar-refractivity contribution >= 4 is 49.4 Å². The third-order valence-corrected chi connectivity index (χ3v) is 8.32. The van der Waals surface area contributed by atoms with Gasteiger partial charge in [0.05, 0.1) is 22.2 Å². The number of piperidine rings is 1. The SMILES string of the molecule is COc1ccc(NS(=O)(=O)c2ccccc2)c(Sc2nc(N3CCCCC3)ncc2Br)c1. The Hall–Kier alpha value is -2.30. The van der Waals surface area contributed by atoms with E-state index >= 15 is 0 Å². The summed E-state index contributed by atoms with van der Waals surface area (Å²) < 4.78 is 34.6. The molecule has 168 valence electrons. The number of sulfonamides is 1. The first kappa shape index (κ1) is 22.9. The second-order valence-electron chi connectivity index (χ2n) is 7.25. The van der Waals surface area contributed by atoms with Gasteiger partial charge in [0, 0.05) is 24.2 Å². The molecule has 1 aromatic heterocycles. The molecule has 4 rings (SSSR count). The Balaban J connectivity index is 1.66. The molecule has 10 heteroatoms. The maximum absolute atomic E-state index is 12.9. The summed E-state index contributed by atoms with van der Waals surface area (Å²) in [6, 6.07) is 13.5. The minimum atomic E-state index is -3.74. The number of benzene rings is 2. The lowest BCUT2D eigenvalue weighted by Gasteiger charge is -2.26. The molecule has 0 spiro atoms. The summed E-state index contributed by atoms with van der Waals surface area (Å²) in [5.41, 5.74) is 0.449. The van der Waals surface area contributed by atoms with Crippen LogP contribution in [0.5, 0.6) is 5.75 Å². The molecule has 0 aliphatic carbocycles. The average Bonchev–Trinajstić information content (AvgIpc) is 2.82. The van der Waals surface area contributed by atoms with E-state index in [0.29, 0.717) is 27.3 Å². The van der Waals surface area contributed by atoms with E-state index in [-0.39, 0.29) is 4.90 Å². The van der Waals surface area contributed by atoms with Crippen molar-refractivity contribution in [2.24, 2.45) is 0 Å². The highest BCUT2D eigenvalue weighted by Gasteiger charge is 2.20. The quantitative estimate of drug-likeness (QED) is 0.417. The van der Waals surface area contributed by atoms with Crippen molar-refractivity contribution in [1.82, 2.24) is 9.97 Å². The van der Waals surface area contributed by atoms with Crippen molar-refractivity contribution in [3.8, 4) is 5.75 Å². The molecule has 1 fully saturated rings. The predicted octanol–water partition coefficient (Wildman–Crippen LogP) is 5.19. The van der Waals surface area contributed by atoms with Crippen LogP contribution in [-0.4, -0.2) is 38.6 Å². The molecule has 3 aromatic rings. The van der Waals surface area contributed by atoms with E-state index in [4.69, 9.17) is 9.72 Å². The van der Waals surface area contributed by atoms with Gasteiger partial charge in [-0.05, 0) is 65.5 Å². The predicted molar refractivity (Wildman–Crippen MR) is 130 cm³/mol. The highest BCUT2D eigenvalue weighted by molar-refractivity contribution is 9.10. The van der Waals surface area contributed by atoms with Gasteiger partial charge in [-0.25, -0.2) is 18.4 Å². The molecule has 0 atom stereocenters. The lowest BCUT2D eigenvalue weighted by atomic mass is 10.1. The van der Waals surface area contributed by atoms with Crippen molar-refractivity contribution in [3.05, 3.63) is 59.2 Å². The minimum absolute atomic E-state index is 0.197. The Kier molecular flexibility index (Phi) is 7.22. The van der Waals surface area contributed by atoms with Gasteiger partial charge < -0.3 is 9.64 Å². The van der Waals surface area contributed by atoms with E-state index in [0.717, 1.165) is 30.4 Å². The molecule has 2 aromatic carbocycles. The lowest BCUT2D eigenvalue weighted by Crippen LogP contribution is -2.31. The number of hydrogen-bond donors (Lipinski definition) is 1. The number of methoxy groups -OCH3 is 1. The first-order valence-electron chi connectivity index (χ1n) is 10.2. The number of nitrogens with zero attached hydrogens (tertiary/aromatic N) is 3. The summed E-state index contributed by atoms with van der Waals surface area (Å²) in [6.07, 6.45) is 5.23. The maximum atomic E-state index is 12.9. The van der Waals surface area contributed by atoms with Crippen LogP contribution in [-0.2, 0) is 10.0 Å². The van der Waals surface area contributed by atoms with Crippen molar-refractivity contribution in [3.63, 3.8) is 0 Å². The Morgan fingerprint density at radius 2 is 1.84 bits per heavy atom. The van der Waals surface area contributed by atoms with Crippen molar-refractivity contribution in [2.45, 2.75) is 34.1 Å². The normalized spacial score (nSPS) is 14.2. The topological polar surface area (TPSA) is 84.4 Å². The zero-order valence-electron chi connectivity index (χ0n) is 17.5. The molecule has 1 N–H and O–H groups in total. The minimum Gasteiger partial charge on any atom is -0.497 e. The van der Waals surface area contributed by atoms with Crippen LogP contribution < -0.4 is 14.4 Å². The van der Waals surface area contributed by atoms with Crippen molar-refractivity contribution in [2.75, 3.05) is 29.8 Å². The fraction of sp³-hybridized carbons (Fsp3) is 0.273. The number of ether oxygens (including phenoxy) is 1. The van der Waals surface area contributed by atoms with Crippen molar-refractivity contribution < 1.29 is 13.2 Å². The first-order valence-corrected chi connectivity index (χ1v) is 13.3. The number of rotatable bonds is 7. The average molecular weight is 535 g/mol. The summed E-state index contributed by atoms with van der Waals surface area (Å²) in [6.45, 7) is 1.88. The van der Waals surface area contributed by atoms with E-state index < -0.39 is 10.0 Å². The highest BCUT2D eigenvalue weighted by atomic mass is 79.9. The number of nitrogens with one attached hydrogen (secondary N) is 1. The zero-order chi connectivity index (χ0) is 22.6. The van der Waals surface area contributed by atoms with Crippen LogP contribution in [0.25, 0.3) is 0 Å². The van der Waals surface area contributed by atoms with Crippen LogP contribution in [0.1, 0.15) is 19.3 Å². The van der Waals surface area contributed by atoms with Gasteiger partial charge in [0.25, 0.3) is 10.0 Å². The van der Waals surface area contributed by atoms with Gasteiger partial charge in [0.1, 0.15) is 10.8 Å². The number of halogens is 1. The van der Waals surface area contributed by atoms with Gasteiger partial charge in [0.15, 0.2) is 0 Å². The second kappa shape index (κ2) is 10.1. The third kappa shape index (κ3) is 5.36. The van der Waals surface area contributed by atoms with E-state index in [2.05, 4.69) is 30.5 Å². The van der Waals surface area contributed by atoms with Crippen LogP contribution in [0.15, 0.2) is 74.0 Å². The monoisotopic (exact) mass is 534 g/mol. The molecule has 1 aliphatic rings. The Morgan fingerprint density at radius 3 is 2.56 bits per heavy atom. The Bertz CT molecular complexity index is 1190. The summed E-state index contributed by atoms with van der Waals surface area (Å²) in [5, 5.41) is 0.703. The standard InChI is InChI=1S/C22H23BrN4O3S2/c1-30-16-10-11-19(26-32(28,29)17-8-4-2-5-9-17)20(14-16)31-21-18(23)15-24-22(25-21)27-12-6-3-7-13-27/h2,4-5,8-11,14-15,26H,3,6-7,12-13H2,1H3. The molecule has 0 amide bonds. The number of hydrogen-bond acceptors (Lipinski definition) is 7. The number of aromatic nitrogens is 2. The van der Waals surface area contributed by atoms with E-state index in [1.807, 2.05) is 0 Å². The summed E-state index contributed by atoms with van der Waals surface area (Å²) >= 11 is 4.89. The van der Waals surface area contributed by atoms with Gasteiger partial charge in [-0.3, -0.25) is 4.72 Å². The van der Waals surface area contributed by atoms with E-state index in [1.165, 1.54) is 18.2 Å². The molecular formula is C22H23BrN4O3S2. The van der Waals surface area contributed by atoms with Crippen LogP contribution in [0, 0.1) is 0 Å². The lowest BCUT2D eigenvalue weighted by molar-refractivity contribution is 0.414. The van der Waals surface area contributed by atoms with E-state index in [1.54, 1.807) is 61.8 Å². The fourth-order valence-electron chi connectivity index (χ4n) is 3.37. The molecule has 1 saturated heterocycles. The van der Waals surface area contributed by atoms with Gasteiger partial charge in [0.2, 0.25) is 5.95 Å². The molecular weight excluding hydrogens is 512 g/mol. The van der Waals surface area contributed by atoms with Gasteiger partial charge in [-0.1, -0.05) is 30.0 Å². The molecule has 1 aliphatic heterocycles. The molecule has 7 nitrogen and oxygen atoms in total. The van der Waals surface area contributed by atoms with Crippen LogP contribution in [0.3, 0.4) is 0 Å². The maximum Gasteiger partial charge on any atom is 0.261 e. The Labute approximate surface area is 200 Å². The summed E-state index contributed by atoms with van der Waals surface area (Å²) in [5.74, 6) is 1.31. The summed E-state index contributed by atoms with van der Waals surface area (Å²) in [7, 11) is -2.16. The first-order chi connectivity index (χ1) is 15.5. The molecule has 0 saturated carbocycles. The van der Waals surface area contributed by atoms with Gasteiger partial charge >= 0.3 is 0 Å². The number of anilines is 2. The molecule has 0 radical (unpaired) electrons. The smallest absolute Gasteiger partial charge is 0.261 e. The zero-order valence-corrected chi connectivity index (χ0v) is 20.7. The Morgan fingerprint density at radius 1 is 1.09 bits per heavy atom. The molecule has 0 unspecified atom stereocenters. The largest absolute Gasteiger partial charge is 0.497 e. The third-order valence-electron chi connectivity index (χ3n) is 5.03. The van der Waals surface area contributed by atoms with Gasteiger partial charge in [-0.15, -0.1) is 0 Å². The second-order valence-corrected chi connectivity index (χ2v) is 10.8. The van der Waals surface area contributed by atoms with Crippen LogP contribution in [0.2, 0.25) is 0 Å². The fourth-order valence-corrected chi connectivity index (χ4v) is 5.86. The van der Waals surface area contributed by atoms with Crippen molar-refractivity contribution in [1.29, 1.82) is 0 Å². The molecule has 32 heavy (non-hydrogen) atoms. The van der Waals surface area contributed by atoms with Crippen LogP contribution in [0.4, 0.5) is 11.6 Å². The molecule has 2 heterocycles. The highest BCUT2D eigenvalue weighted by Crippen LogP contribution is 2.39. The van der Waals surface area contributed by atoms with Crippen LogP contribution >= 0.6 is 27.7 Å². The molecule has 0 bridgehead atoms. The summed E-state index contributed by atoms with van der Waals surface area (Å²) in [4.78, 5) is 12.3.